The Morgan fingerprint density at radius 3 is 2.50 bits per heavy atom. The van der Waals surface area contributed by atoms with Gasteiger partial charge in [-0.1, -0.05) is 12.1 Å². The van der Waals surface area contributed by atoms with Crippen molar-refractivity contribution in [1.29, 1.82) is 0 Å². The molecule has 0 aliphatic rings. The topological polar surface area (TPSA) is 134 Å². The van der Waals surface area contributed by atoms with Gasteiger partial charge in [-0.25, -0.2) is 13.6 Å². The third kappa shape index (κ3) is 2.38. The second-order valence-corrected chi connectivity index (χ2v) is 5.62. The van der Waals surface area contributed by atoms with Gasteiger partial charge in [0, 0.05) is 24.2 Å². The summed E-state index contributed by atoms with van der Waals surface area (Å²) < 4.78 is 23.7. The molecule has 2 rings (SSSR count). The minimum atomic E-state index is -4.00. The SMILES string of the molecule is Cc1ccc(-c2nnc(S(N)(=O)=O)n2C)cc1[N+](=O)[O-]. The number of nitro benzene ring substituents is 1. The summed E-state index contributed by atoms with van der Waals surface area (Å²) in [7, 11) is -2.58. The maximum Gasteiger partial charge on any atom is 0.273 e. The van der Waals surface area contributed by atoms with Crippen LogP contribution in [0.4, 0.5) is 5.69 Å². The van der Waals surface area contributed by atoms with E-state index in [-0.39, 0.29) is 11.5 Å². The van der Waals surface area contributed by atoms with Crippen molar-refractivity contribution in [2.45, 2.75) is 12.1 Å². The van der Waals surface area contributed by atoms with Gasteiger partial charge in [-0.3, -0.25) is 14.7 Å². The van der Waals surface area contributed by atoms with E-state index in [2.05, 4.69) is 10.2 Å². The zero-order valence-electron chi connectivity index (χ0n) is 10.6. The molecule has 0 saturated heterocycles. The third-order valence-electron chi connectivity index (χ3n) is 2.75. The van der Waals surface area contributed by atoms with E-state index in [1.807, 2.05) is 0 Å². The summed E-state index contributed by atoms with van der Waals surface area (Å²) in [5.74, 6) is 0.178. The Balaban J connectivity index is 2.62. The number of rotatable bonds is 3. The van der Waals surface area contributed by atoms with E-state index < -0.39 is 20.1 Å². The molecule has 0 aliphatic carbocycles. The van der Waals surface area contributed by atoms with Crippen LogP contribution in [-0.4, -0.2) is 28.1 Å². The van der Waals surface area contributed by atoms with Crippen LogP contribution >= 0.6 is 0 Å². The van der Waals surface area contributed by atoms with Gasteiger partial charge in [0.2, 0.25) is 0 Å². The molecule has 0 amide bonds. The Bertz CT molecular complexity index is 796. The summed E-state index contributed by atoms with van der Waals surface area (Å²) in [5, 5.41) is 22.7. The fourth-order valence-corrected chi connectivity index (χ4v) is 2.38. The average Bonchev–Trinajstić information content (AvgIpc) is 2.71. The standard InChI is InChI=1S/C10H11N5O4S/c1-6-3-4-7(5-8(6)15(16)17)9-12-13-10(14(9)2)20(11,18)19/h3-5H,1-2H3,(H2,11,18,19). The van der Waals surface area contributed by atoms with Crippen molar-refractivity contribution >= 4 is 15.7 Å². The molecule has 0 radical (unpaired) electrons. The molecule has 10 heteroatoms. The maximum atomic E-state index is 11.3. The first kappa shape index (κ1) is 14.1. The van der Waals surface area contributed by atoms with Crippen LogP contribution in [0.25, 0.3) is 11.4 Å². The van der Waals surface area contributed by atoms with Crippen LogP contribution in [0.3, 0.4) is 0 Å². The summed E-state index contributed by atoms with van der Waals surface area (Å²) in [6, 6.07) is 4.46. The lowest BCUT2D eigenvalue weighted by molar-refractivity contribution is -0.385. The molecule has 0 fully saturated rings. The molecule has 1 aromatic heterocycles. The van der Waals surface area contributed by atoms with E-state index in [0.717, 1.165) is 0 Å². The summed E-state index contributed by atoms with van der Waals surface area (Å²) in [4.78, 5) is 10.4. The zero-order chi connectivity index (χ0) is 15.1. The van der Waals surface area contributed by atoms with Crippen LogP contribution in [0.5, 0.6) is 0 Å². The van der Waals surface area contributed by atoms with Crippen LogP contribution in [0, 0.1) is 17.0 Å². The molecular formula is C10H11N5O4S. The van der Waals surface area contributed by atoms with Crippen molar-refractivity contribution in [1.82, 2.24) is 14.8 Å². The molecule has 20 heavy (non-hydrogen) atoms. The van der Waals surface area contributed by atoms with Crippen molar-refractivity contribution in [3.05, 3.63) is 33.9 Å². The van der Waals surface area contributed by atoms with Crippen molar-refractivity contribution in [2.75, 3.05) is 0 Å². The second-order valence-electron chi connectivity index (χ2n) is 4.17. The predicted octanol–water partition coefficient (Wildman–Crippen LogP) is 0.346. The minimum absolute atomic E-state index is 0.0809. The molecule has 1 aromatic carbocycles. The van der Waals surface area contributed by atoms with Crippen molar-refractivity contribution in [2.24, 2.45) is 12.2 Å². The van der Waals surface area contributed by atoms with E-state index in [4.69, 9.17) is 5.14 Å². The van der Waals surface area contributed by atoms with E-state index in [1.54, 1.807) is 19.1 Å². The molecular weight excluding hydrogens is 286 g/mol. The van der Waals surface area contributed by atoms with Gasteiger partial charge in [-0.2, -0.15) is 0 Å². The monoisotopic (exact) mass is 297 g/mol. The number of hydrogen-bond donors (Lipinski definition) is 1. The van der Waals surface area contributed by atoms with Gasteiger partial charge < -0.3 is 0 Å². The van der Waals surface area contributed by atoms with Crippen molar-refractivity contribution in [3.8, 4) is 11.4 Å². The smallest absolute Gasteiger partial charge is 0.273 e. The van der Waals surface area contributed by atoms with Crippen LogP contribution in [-0.2, 0) is 17.1 Å². The van der Waals surface area contributed by atoms with Crippen LogP contribution in [0.15, 0.2) is 23.4 Å². The summed E-state index contributed by atoms with van der Waals surface area (Å²) in [5.41, 5.74) is 0.794. The molecule has 1 heterocycles. The highest BCUT2D eigenvalue weighted by molar-refractivity contribution is 7.89. The van der Waals surface area contributed by atoms with Crippen molar-refractivity contribution < 1.29 is 13.3 Å². The van der Waals surface area contributed by atoms with Gasteiger partial charge >= 0.3 is 0 Å². The number of hydrogen-bond acceptors (Lipinski definition) is 6. The molecule has 0 atom stereocenters. The molecule has 0 bridgehead atoms. The Morgan fingerprint density at radius 1 is 1.35 bits per heavy atom. The minimum Gasteiger partial charge on any atom is -0.300 e. The van der Waals surface area contributed by atoms with E-state index in [0.29, 0.717) is 11.1 Å². The molecule has 9 nitrogen and oxygen atoms in total. The van der Waals surface area contributed by atoms with E-state index >= 15 is 0 Å². The summed E-state index contributed by atoms with van der Waals surface area (Å²) in [6.45, 7) is 1.61. The normalized spacial score (nSPS) is 11.6. The Hall–Kier alpha value is -2.33. The molecule has 0 aliphatic heterocycles. The predicted molar refractivity (Wildman–Crippen MR) is 69.2 cm³/mol. The molecule has 2 N–H and O–H groups in total. The first-order chi connectivity index (χ1) is 9.21. The first-order valence-corrected chi connectivity index (χ1v) is 6.94. The van der Waals surface area contributed by atoms with Crippen LogP contribution in [0.2, 0.25) is 0 Å². The number of aromatic nitrogens is 3. The van der Waals surface area contributed by atoms with Gasteiger partial charge in [0.15, 0.2) is 5.82 Å². The number of primary sulfonamides is 1. The Labute approximate surface area is 114 Å². The number of nitrogens with zero attached hydrogens (tertiary/aromatic N) is 4. The fourth-order valence-electron chi connectivity index (χ4n) is 1.76. The lowest BCUT2D eigenvalue weighted by Gasteiger charge is -2.04. The largest absolute Gasteiger partial charge is 0.300 e. The lowest BCUT2D eigenvalue weighted by Crippen LogP contribution is -2.17. The highest BCUT2D eigenvalue weighted by atomic mass is 32.2. The summed E-state index contributed by atoms with van der Waals surface area (Å²) in [6.07, 6.45) is 0. The van der Waals surface area contributed by atoms with Gasteiger partial charge in [-0.05, 0) is 6.92 Å². The van der Waals surface area contributed by atoms with Crippen LogP contribution < -0.4 is 5.14 Å². The number of aryl methyl sites for hydroxylation is 1. The average molecular weight is 297 g/mol. The second kappa shape index (κ2) is 4.65. The highest BCUT2D eigenvalue weighted by Gasteiger charge is 2.21. The van der Waals surface area contributed by atoms with Gasteiger partial charge in [0.1, 0.15) is 0 Å². The zero-order valence-corrected chi connectivity index (χ0v) is 11.5. The number of sulfonamides is 1. The van der Waals surface area contributed by atoms with Crippen molar-refractivity contribution in [3.63, 3.8) is 0 Å². The molecule has 106 valence electrons. The maximum absolute atomic E-state index is 11.3. The third-order valence-corrected chi connectivity index (χ3v) is 3.62. The molecule has 0 unspecified atom stereocenters. The summed E-state index contributed by atoms with van der Waals surface area (Å²) >= 11 is 0. The number of nitrogens with two attached hydrogens (primary N) is 1. The highest BCUT2D eigenvalue weighted by Crippen LogP contribution is 2.26. The molecule has 2 aromatic rings. The van der Waals surface area contributed by atoms with Gasteiger partial charge in [0.25, 0.3) is 20.9 Å². The quantitative estimate of drug-likeness (QED) is 0.641. The Kier molecular flexibility index (Phi) is 3.28. The van der Waals surface area contributed by atoms with E-state index in [9.17, 15) is 18.5 Å². The molecule has 0 spiro atoms. The fraction of sp³-hybridized carbons (Fsp3) is 0.200. The van der Waals surface area contributed by atoms with Crippen LogP contribution in [0.1, 0.15) is 5.56 Å². The lowest BCUT2D eigenvalue weighted by atomic mass is 10.1. The van der Waals surface area contributed by atoms with Gasteiger partial charge in [0.05, 0.1) is 4.92 Å². The molecule has 0 saturated carbocycles. The van der Waals surface area contributed by atoms with E-state index in [1.165, 1.54) is 17.7 Å². The first-order valence-electron chi connectivity index (χ1n) is 5.39. The Morgan fingerprint density at radius 2 is 2.00 bits per heavy atom. The van der Waals surface area contributed by atoms with Gasteiger partial charge in [-0.15, -0.1) is 10.2 Å². The number of benzene rings is 1. The number of nitro groups is 1.